The summed E-state index contributed by atoms with van der Waals surface area (Å²) in [5.74, 6) is 0.233. The third-order valence-corrected chi connectivity index (χ3v) is 1.85. The smallest absolute Gasteiger partial charge is 0.163 e. The number of carbonyl (C=O) groups excluding carboxylic acids is 1. The number of Topliss-reactive ketones (excluding diaryl/α,β-unsaturated/α-hetero) is 1. The first-order valence-corrected chi connectivity index (χ1v) is 3.92. The molecule has 0 amide bonds. The van der Waals surface area contributed by atoms with Gasteiger partial charge in [0.05, 0.1) is 6.10 Å². The van der Waals surface area contributed by atoms with Crippen molar-refractivity contribution in [2.24, 2.45) is 0 Å². The number of ketones is 1. The lowest BCUT2D eigenvalue weighted by molar-refractivity contribution is -0.121. The van der Waals surface area contributed by atoms with Crippen molar-refractivity contribution in [1.82, 2.24) is 4.90 Å². The summed E-state index contributed by atoms with van der Waals surface area (Å²) >= 11 is 0. The SMILES string of the molecule is C[C@@H]1O[C@H](CN(C)C)CC1=O. The summed E-state index contributed by atoms with van der Waals surface area (Å²) in [7, 11) is 3.97. The van der Waals surface area contributed by atoms with E-state index in [4.69, 9.17) is 4.74 Å². The maximum Gasteiger partial charge on any atom is 0.163 e. The van der Waals surface area contributed by atoms with Crippen molar-refractivity contribution in [2.75, 3.05) is 20.6 Å². The van der Waals surface area contributed by atoms with Gasteiger partial charge in [0.15, 0.2) is 5.78 Å². The highest BCUT2D eigenvalue weighted by Crippen LogP contribution is 2.15. The average molecular weight is 157 g/mol. The molecule has 1 rings (SSSR count). The van der Waals surface area contributed by atoms with Crippen LogP contribution in [0.5, 0.6) is 0 Å². The van der Waals surface area contributed by atoms with Crippen LogP contribution >= 0.6 is 0 Å². The van der Waals surface area contributed by atoms with Crippen LogP contribution in [0.3, 0.4) is 0 Å². The molecular weight excluding hydrogens is 142 g/mol. The summed E-state index contributed by atoms with van der Waals surface area (Å²) < 4.78 is 5.39. The molecule has 0 aliphatic carbocycles. The first kappa shape index (κ1) is 8.68. The molecule has 0 unspecified atom stereocenters. The molecule has 0 aromatic heterocycles. The minimum absolute atomic E-state index is 0.118. The van der Waals surface area contributed by atoms with E-state index in [0.29, 0.717) is 6.42 Å². The highest BCUT2D eigenvalue weighted by Gasteiger charge is 2.29. The van der Waals surface area contributed by atoms with Gasteiger partial charge in [-0.2, -0.15) is 0 Å². The fourth-order valence-electron chi connectivity index (χ4n) is 1.32. The highest BCUT2D eigenvalue weighted by atomic mass is 16.5. The van der Waals surface area contributed by atoms with Gasteiger partial charge in [-0.15, -0.1) is 0 Å². The van der Waals surface area contributed by atoms with Crippen LogP contribution in [-0.4, -0.2) is 43.5 Å². The van der Waals surface area contributed by atoms with Crippen molar-refractivity contribution in [3.8, 4) is 0 Å². The first-order valence-electron chi connectivity index (χ1n) is 3.92. The minimum Gasteiger partial charge on any atom is -0.366 e. The Bertz CT molecular complexity index is 156. The van der Waals surface area contributed by atoms with E-state index >= 15 is 0 Å². The number of rotatable bonds is 2. The topological polar surface area (TPSA) is 29.5 Å². The Kier molecular flexibility index (Phi) is 2.62. The van der Waals surface area contributed by atoms with E-state index in [0.717, 1.165) is 6.54 Å². The molecule has 0 aromatic rings. The standard InChI is InChI=1S/C8H15NO2/c1-6-8(10)4-7(11-6)5-9(2)3/h6-7H,4-5H2,1-3H3/t6-,7-/m0/s1. The van der Waals surface area contributed by atoms with Crippen molar-refractivity contribution in [2.45, 2.75) is 25.6 Å². The molecule has 1 saturated heterocycles. The predicted octanol–water partition coefficient (Wildman–Crippen LogP) is 0.294. The van der Waals surface area contributed by atoms with Crippen LogP contribution in [0.15, 0.2) is 0 Å². The Labute approximate surface area is 67.3 Å². The molecule has 0 saturated carbocycles. The van der Waals surface area contributed by atoms with Gasteiger partial charge in [-0.25, -0.2) is 0 Å². The Morgan fingerprint density at radius 2 is 2.27 bits per heavy atom. The lowest BCUT2D eigenvalue weighted by Gasteiger charge is -2.14. The molecule has 0 N–H and O–H groups in total. The summed E-state index contributed by atoms with van der Waals surface area (Å²) in [5, 5.41) is 0. The molecule has 3 heteroatoms. The van der Waals surface area contributed by atoms with Crippen LogP contribution in [0.25, 0.3) is 0 Å². The third kappa shape index (κ3) is 2.27. The molecule has 1 heterocycles. The minimum atomic E-state index is -0.181. The zero-order chi connectivity index (χ0) is 8.43. The summed E-state index contributed by atoms with van der Waals surface area (Å²) in [6.07, 6.45) is 0.520. The Morgan fingerprint density at radius 3 is 2.64 bits per heavy atom. The van der Waals surface area contributed by atoms with Crippen LogP contribution in [0.1, 0.15) is 13.3 Å². The molecule has 1 aliphatic heterocycles. The molecule has 0 bridgehead atoms. The summed E-state index contributed by atoms with van der Waals surface area (Å²) in [4.78, 5) is 13.1. The number of hydrogen-bond acceptors (Lipinski definition) is 3. The maximum atomic E-state index is 11.0. The second-order valence-electron chi connectivity index (χ2n) is 3.33. The van der Waals surface area contributed by atoms with Crippen LogP contribution in [0.4, 0.5) is 0 Å². The van der Waals surface area contributed by atoms with E-state index in [1.165, 1.54) is 0 Å². The first-order chi connectivity index (χ1) is 5.09. The van der Waals surface area contributed by atoms with Gasteiger partial charge in [-0.3, -0.25) is 4.79 Å². The zero-order valence-corrected chi connectivity index (χ0v) is 7.33. The van der Waals surface area contributed by atoms with E-state index < -0.39 is 0 Å². The van der Waals surface area contributed by atoms with Crippen molar-refractivity contribution < 1.29 is 9.53 Å². The largest absolute Gasteiger partial charge is 0.366 e. The van der Waals surface area contributed by atoms with Crippen LogP contribution < -0.4 is 0 Å². The van der Waals surface area contributed by atoms with E-state index in [1.807, 2.05) is 25.9 Å². The number of ether oxygens (including phenoxy) is 1. The van der Waals surface area contributed by atoms with Gasteiger partial charge in [-0.1, -0.05) is 0 Å². The number of nitrogens with zero attached hydrogens (tertiary/aromatic N) is 1. The summed E-state index contributed by atoms with van der Waals surface area (Å²) in [6, 6.07) is 0. The number of likely N-dealkylation sites (N-methyl/N-ethyl adjacent to an activating group) is 1. The quantitative estimate of drug-likeness (QED) is 0.577. The van der Waals surface area contributed by atoms with Crippen LogP contribution in [-0.2, 0) is 9.53 Å². The predicted molar refractivity (Wildman–Crippen MR) is 42.5 cm³/mol. The molecule has 1 fully saturated rings. The second-order valence-corrected chi connectivity index (χ2v) is 3.33. The van der Waals surface area contributed by atoms with Gasteiger partial charge in [-0.05, 0) is 21.0 Å². The van der Waals surface area contributed by atoms with Crippen molar-refractivity contribution in [3.63, 3.8) is 0 Å². The van der Waals surface area contributed by atoms with Crippen LogP contribution in [0, 0.1) is 0 Å². The molecule has 0 aromatic carbocycles. The van der Waals surface area contributed by atoms with E-state index in [-0.39, 0.29) is 18.0 Å². The fourth-order valence-corrected chi connectivity index (χ4v) is 1.32. The average Bonchev–Trinajstić information content (AvgIpc) is 2.10. The monoisotopic (exact) mass is 157 g/mol. The lowest BCUT2D eigenvalue weighted by Crippen LogP contribution is -2.25. The Hall–Kier alpha value is -0.410. The normalized spacial score (nSPS) is 31.8. The van der Waals surface area contributed by atoms with Crippen molar-refractivity contribution in [1.29, 1.82) is 0 Å². The van der Waals surface area contributed by atoms with E-state index in [9.17, 15) is 4.79 Å². The van der Waals surface area contributed by atoms with Gasteiger partial charge in [0.25, 0.3) is 0 Å². The molecular formula is C8H15NO2. The van der Waals surface area contributed by atoms with Gasteiger partial charge < -0.3 is 9.64 Å². The molecule has 1 aliphatic rings. The molecule has 64 valence electrons. The highest BCUT2D eigenvalue weighted by molar-refractivity contribution is 5.84. The van der Waals surface area contributed by atoms with E-state index in [1.54, 1.807) is 0 Å². The van der Waals surface area contributed by atoms with Crippen LogP contribution in [0.2, 0.25) is 0 Å². The Morgan fingerprint density at radius 1 is 1.64 bits per heavy atom. The number of hydrogen-bond donors (Lipinski definition) is 0. The third-order valence-electron chi connectivity index (χ3n) is 1.85. The summed E-state index contributed by atoms with van der Waals surface area (Å²) in [6.45, 7) is 2.66. The number of carbonyl (C=O) groups is 1. The second kappa shape index (κ2) is 3.32. The molecule has 3 nitrogen and oxygen atoms in total. The van der Waals surface area contributed by atoms with Crippen molar-refractivity contribution in [3.05, 3.63) is 0 Å². The van der Waals surface area contributed by atoms with Gasteiger partial charge in [0.2, 0.25) is 0 Å². The van der Waals surface area contributed by atoms with Gasteiger partial charge in [0.1, 0.15) is 6.10 Å². The molecule has 11 heavy (non-hydrogen) atoms. The van der Waals surface area contributed by atoms with E-state index in [2.05, 4.69) is 0 Å². The molecule has 0 radical (unpaired) electrons. The lowest BCUT2D eigenvalue weighted by atomic mass is 10.2. The fraction of sp³-hybridized carbons (Fsp3) is 0.875. The Balaban J connectivity index is 2.35. The zero-order valence-electron chi connectivity index (χ0n) is 7.33. The molecule has 2 atom stereocenters. The summed E-state index contributed by atoms with van der Waals surface area (Å²) in [5.41, 5.74) is 0. The van der Waals surface area contributed by atoms with Gasteiger partial charge >= 0.3 is 0 Å². The maximum absolute atomic E-state index is 11.0. The van der Waals surface area contributed by atoms with Gasteiger partial charge in [0, 0.05) is 13.0 Å². The molecule has 0 spiro atoms. The van der Waals surface area contributed by atoms with Crippen molar-refractivity contribution >= 4 is 5.78 Å².